The first kappa shape index (κ1) is 16.1. The highest BCUT2D eigenvalue weighted by Gasteiger charge is 2.29. The summed E-state index contributed by atoms with van der Waals surface area (Å²) in [4.78, 5) is 26.9. The quantitative estimate of drug-likeness (QED) is 0.873. The van der Waals surface area contributed by atoms with Gasteiger partial charge in [0, 0.05) is 13.1 Å². The van der Waals surface area contributed by atoms with Crippen molar-refractivity contribution in [3.63, 3.8) is 0 Å². The minimum Gasteiger partial charge on any atom is -0.329 e. The lowest BCUT2D eigenvalue weighted by Gasteiger charge is -2.33. The molecule has 5 heteroatoms. The Morgan fingerprint density at radius 1 is 0.960 bits per heavy atom. The van der Waals surface area contributed by atoms with E-state index in [1.807, 2.05) is 0 Å². The normalized spacial score (nSPS) is 19.6. The highest BCUT2D eigenvalue weighted by molar-refractivity contribution is 6.01. The molecule has 0 bridgehead atoms. The van der Waals surface area contributed by atoms with Crippen molar-refractivity contribution in [2.45, 2.75) is 18.8 Å². The Kier molecular flexibility index (Phi) is 4.40. The van der Waals surface area contributed by atoms with Gasteiger partial charge in [-0.1, -0.05) is 42.5 Å². The number of piperidine rings is 1. The van der Waals surface area contributed by atoms with Crippen molar-refractivity contribution >= 4 is 22.7 Å². The number of urea groups is 1. The van der Waals surface area contributed by atoms with Crippen LogP contribution in [0.15, 0.2) is 42.5 Å². The fourth-order valence-corrected chi connectivity index (χ4v) is 4.00. The van der Waals surface area contributed by atoms with Crippen LogP contribution in [0.1, 0.15) is 24.3 Å². The van der Waals surface area contributed by atoms with Gasteiger partial charge in [-0.25, -0.2) is 4.79 Å². The molecule has 0 aliphatic carbocycles. The number of rotatable bonds is 4. The third-order valence-corrected chi connectivity index (χ3v) is 5.43. The molecule has 2 aliphatic heterocycles. The average molecular weight is 337 g/mol. The molecule has 0 spiro atoms. The SMILES string of the molecule is O=C1CNC(=O)N1CCN1CCC(c2cccc3ccccc23)CC1. The number of hydrogen-bond donors (Lipinski definition) is 1. The smallest absolute Gasteiger partial charge is 0.324 e. The molecule has 4 rings (SSSR count). The van der Waals surface area contributed by atoms with Crippen molar-refractivity contribution in [2.24, 2.45) is 0 Å². The molecular formula is C20H23N3O2. The number of carbonyl (C=O) groups excluding carboxylic acids is 2. The summed E-state index contributed by atoms with van der Waals surface area (Å²) in [5, 5.41) is 5.24. The number of hydrogen-bond acceptors (Lipinski definition) is 3. The third kappa shape index (κ3) is 3.24. The molecule has 0 atom stereocenters. The summed E-state index contributed by atoms with van der Waals surface area (Å²) >= 11 is 0. The topological polar surface area (TPSA) is 52.7 Å². The zero-order chi connectivity index (χ0) is 17.2. The molecule has 1 N–H and O–H groups in total. The summed E-state index contributed by atoms with van der Waals surface area (Å²) in [6.07, 6.45) is 2.24. The predicted molar refractivity (Wildman–Crippen MR) is 97.5 cm³/mol. The second kappa shape index (κ2) is 6.84. The zero-order valence-corrected chi connectivity index (χ0v) is 14.3. The van der Waals surface area contributed by atoms with E-state index in [4.69, 9.17) is 0 Å². The summed E-state index contributed by atoms with van der Waals surface area (Å²) < 4.78 is 0. The van der Waals surface area contributed by atoms with Crippen LogP contribution in [0.5, 0.6) is 0 Å². The summed E-state index contributed by atoms with van der Waals surface area (Å²) in [5.74, 6) is 0.467. The van der Waals surface area contributed by atoms with E-state index in [1.165, 1.54) is 21.2 Å². The van der Waals surface area contributed by atoms with Gasteiger partial charge < -0.3 is 10.2 Å². The van der Waals surface area contributed by atoms with Crippen LogP contribution < -0.4 is 5.32 Å². The number of amides is 3. The molecule has 130 valence electrons. The van der Waals surface area contributed by atoms with Crippen molar-refractivity contribution in [1.29, 1.82) is 0 Å². The number of fused-ring (bicyclic) bond motifs is 1. The Labute approximate surface area is 147 Å². The molecule has 25 heavy (non-hydrogen) atoms. The van der Waals surface area contributed by atoms with Gasteiger partial charge in [0.2, 0.25) is 5.91 Å². The average Bonchev–Trinajstić information content (AvgIpc) is 2.98. The standard InChI is InChI=1S/C20H23N3O2/c24-19-14-21-20(25)23(19)13-12-22-10-8-16(9-11-22)18-7-3-5-15-4-1-2-6-17(15)18/h1-7,16H,8-14H2,(H,21,25). The van der Waals surface area contributed by atoms with E-state index in [9.17, 15) is 9.59 Å². The van der Waals surface area contributed by atoms with Gasteiger partial charge in [0.1, 0.15) is 0 Å². The number of nitrogens with zero attached hydrogens (tertiary/aromatic N) is 2. The second-order valence-electron chi connectivity index (χ2n) is 6.89. The number of benzene rings is 2. The number of likely N-dealkylation sites (tertiary alicyclic amines) is 1. The highest BCUT2D eigenvalue weighted by Crippen LogP contribution is 2.32. The second-order valence-corrected chi connectivity index (χ2v) is 6.89. The fourth-order valence-electron chi connectivity index (χ4n) is 4.00. The Hall–Kier alpha value is -2.40. The molecule has 2 aromatic carbocycles. The van der Waals surface area contributed by atoms with Crippen molar-refractivity contribution in [1.82, 2.24) is 15.1 Å². The number of imide groups is 1. The number of nitrogens with one attached hydrogen (secondary N) is 1. The van der Waals surface area contributed by atoms with Gasteiger partial charge >= 0.3 is 6.03 Å². The van der Waals surface area contributed by atoms with Gasteiger partial charge in [0.05, 0.1) is 6.54 Å². The van der Waals surface area contributed by atoms with Crippen LogP contribution in [0.2, 0.25) is 0 Å². The number of carbonyl (C=O) groups is 2. The van der Waals surface area contributed by atoms with Crippen LogP contribution in [-0.2, 0) is 4.79 Å². The predicted octanol–water partition coefficient (Wildman–Crippen LogP) is 2.57. The Morgan fingerprint density at radius 3 is 2.48 bits per heavy atom. The van der Waals surface area contributed by atoms with Gasteiger partial charge in [-0.2, -0.15) is 0 Å². The lowest BCUT2D eigenvalue weighted by Crippen LogP contribution is -2.41. The molecule has 2 fully saturated rings. The van der Waals surface area contributed by atoms with Gasteiger partial charge in [-0.3, -0.25) is 9.69 Å². The first-order valence-electron chi connectivity index (χ1n) is 9.00. The van der Waals surface area contributed by atoms with Crippen LogP contribution in [0, 0.1) is 0 Å². The fraction of sp³-hybridized carbons (Fsp3) is 0.400. The molecule has 0 saturated carbocycles. The van der Waals surface area contributed by atoms with Crippen molar-refractivity contribution in [2.75, 3.05) is 32.7 Å². The van der Waals surface area contributed by atoms with E-state index in [2.05, 4.69) is 52.7 Å². The zero-order valence-electron chi connectivity index (χ0n) is 14.3. The van der Waals surface area contributed by atoms with Crippen molar-refractivity contribution in [3.8, 4) is 0 Å². The highest BCUT2D eigenvalue weighted by atomic mass is 16.2. The maximum Gasteiger partial charge on any atom is 0.324 e. The van der Waals surface area contributed by atoms with Crippen molar-refractivity contribution in [3.05, 3.63) is 48.0 Å². The molecule has 3 amide bonds. The summed E-state index contributed by atoms with van der Waals surface area (Å²) in [7, 11) is 0. The third-order valence-electron chi connectivity index (χ3n) is 5.43. The first-order chi connectivity index (χ1) is 12.2. The van der Waals surface area contributed by atoms with Crippen LogP contribution >= 0.6 is 0 Å². The minimum atomic E-state index is -0.254. The molecule has 2 aliphatic rings. The maximum atomic E-state index is 11.6. The molecule has 5 nitrogen and oxygen atoms in total. The van der Waals surface area contributed by atoms with E-state index in [1.54, 1.807) is 0 Å². The Morgan fingerprint density at radius 2 is 1.72 bits per heavy atom. The summed E-state index contributed by atoms with van der Waals surface area (Å²) in [6.45, 7) is 3.42. The minimum absolute atomic E-state index is 0.115. The van der Waals surface area contributed by atoms with Crippen LogP contribution in [0.3, 0.4) is 0 Å². The molecule has 0 radical (unpaired) electrons. The van der Waals surface area contributed by atoms with Crippen molar-refractivity contribution < 1.29 is 9.59 Å². The van der Waals surface area contributed by atoms with Gasteiger partial charge in [-0.05, 0) is 48.2 Å². The van der Waals surface area contributed by atoms with E-state index >= 15 is 0 Å². The monoisotopic (exact) mass is 337 g/mol. The van der Waals surface area contributed by atoms with Crippen LogP contribution in [-0.4, -0.2) is 54.5 Å². The lowest BCUT2D eigenvalue weighted by molar-refractivity contribution is -0.125. The Bertz CT molecular complexity index is 775. The van der Waals surface area contributed by atoms with E-state index < -0.39 is 0 Å². The van der Waals surface area contributed by atoms with Gasteiger partial charge in [-0.15, -0.1) is 0 Å². The van der Waals surface area contributed by atoms with E-state index in [-0.39, 0.29) is 18.5 Å². The molecule has 2 saturated heterocycles. The molecule has 0 unspecified atom stereocenters. The van der Waals surface area contributed by atoms with Crippen LogP contribution in [0.25, 0.3) is 10.8 Å². The van der Waals surface area contributed by atoms with Gasteiger partial charge in [0.25, 0.3) is 0 Å². The van der Waals surface area contributed by atoms with E-state index in [0.29, 0.717) is 12.5 Å². The first-order valence-corrected chi connectivity index (χ1v) is 9.00. The molecule has 2 aromatic rings. The Balaban J connectivity index is 1.37. The van der Waals surface area contributed by atoms with E-state index in [0.717, 1.165) is 32.5 Å². The van der Waals surface area contributed by atoms with Gasteiger partial charge in [0.15, 0.2) is 0 Å². The molecule has 0 aromatic heterocycles. The largest absolute Gasteiger partial charge is 0.329 e. The summed E-state index contributed by atoms with van der Waals surface area (Å²) in [6, 6.07) is 14.9. The molecule has 2 heterocycles. The maximum absolute atomic E-state index is 11.6. The molecular weight excluding hydrogens is 314 g/mol. The van der Waals surface area contributed by atoms with Crippen LogP contribution in [0.4, 0.5) is 4.79 Å². The summed E-state index contributed by atoms with van der Waals surface area (Å²) in [5.41, 5.74) is 1.45. The lowest BCUT2D eigenvalue weighted by atomic mass is 9.86.